The molecule has 2 heterocycles. The zero-order chi connectivity index (χ0) is 26.7. The first-order chi connectivity index (χ1) is 17.6. The maximum Gasteiger partial charge on any atom is 0.243 e. The predicted octanol–water partition coefficient (Wildman–Crippen LogP) is 3.41. The van der Waals surface area contributed by atoms with Gasteiger partial charge in [0.25, 0.3) is 0 Å². The number of piperidine rings is 1. The number of sulfonamides is 1. The van der Waals surface area contributed by atoms with E-state index in [1.807, 2.05) is 6.07 Å². The van der Waals surface area contributed by atoms with E-state index in [4.69, 9.17) is 4.74 Å². The third-order valence-corrected chi connectivity index (χ3v) is 9.80. The Hall–Kier alpha value is -2.46. The lowest BCUT2D eigenvalue weighted by Gasteiger charge is -2.40. The molecule has 8 nitrogen and oxygen atoms in total. The quantitative estimate of drug-likeness (QED) is 0.566. The van der Waals surface area contributed by atoms with E-state index in [0.717, 1.165) is 31.7 Å². The van der Waals surface area contributed by atoms with Gasteiger partial charge < -0.3 is 15.0 Å². The summed E-state index contributed by atoms with van der Waals surface area (Å²) in [6, 6.07) is 10.2. The van der Waals surface area contributed by atoms with Crippen LogP contribution in [-0.2, 0) is 27.8 Å². The first-order valence-corrected chi connectivity index (χ1v) is 14.5. The number of methoxy groups -OCH3 is 1. The van der Waals surface area contributed by atoms with Crippen molar-refractivity contribution in [1.82, 2.24) is 14.1 Å². The Morgan fingerprint density at radius 1 is 1.14 bits per heavy atom. The Labute approximate surface area is 221 Å². The second-order valence-corrected chi connectivity index (χ2v) is 12.5. The number of nitrogens with zero attached hydrogens (tertiary/aromatic N) is 3. The first-order valence-electron chi connectivity index (χ1n) is 13.0. The molecule has 0 saturated carbocycles. The molecule has 0 bridgehead atoms. The topological polar surface area (TPSA) is 82.2 Å². The minimum atomic E-state index is -3.73. The summed E-state index contributed by atoms with van der Waals surface area (Å²) in [7, 11) is 1.54. The van der Waals surface area contributed by atoms with Gasteiger partial charge in [0.2, 0.25) is 15.9 Å². The number of anilines is 1. The largest absolute Gasteiger partial charge is 0.497 e. The number of ether oxygens (including phenoxy) is 1. The highest BCUT2D eigenvalue weighted by atomic mass is 32.2. The lowest BCUT2D eigenvalue weighted by molar-refractivity contribution is -0.116. The van der Waals surface area contributed by atoms with Gasteiger partial charge in [-0.25, -0.2) is 12.7 Å². The van der Waals surface area contributed by atoms with E-state index >= 15 is 0 Å². The molecule has 1 saturated heterocycles. The van der Waals surface area contributed by atoms with E-state index in [9.17, 15) is 13.2 Å². The van der Waals surface area contributed by atoms with Gasteiger partial charge in [-0.1, -0.05) is 6.07 Å². The molecule has 1 unspecified atom stereocenters. The smallest absolute Gasteiger partial charge is 0.243 e. The van der Waals surface area contributed by atoms with Gasteiger partial charge in [0.1, 0.15) is 5.75 Å². The van der Waals surface area contributed by atoms with Crippen molar-refractivity contribution in [1.29, 1.82) is 0 Å². The van der Waals surface area contributed by atoms with Gasteiger partial charge in [-0.3, -0.25) is 9.69 Å². The fourth-order valence-electron chi connectivity index (χ4n) is 5.60. The Kier molecular flexibility index (Phi) is 8.58. The molecular weight excluding hydrogens is 488 g/mol. The highest BCUT2D eigenvalue weighted by Crippen LogP contribution is 2.29. The molecule has 1 fully saturated rings. The monoisotopic (exact) mass is 528 g/mol. The molecular formula is C28H40N4O4S. The van der Waals surface area contributed by atoms with Crippen LogP contribution in [0.25, 0.3) is 0 Å². The number of rotatable bonds is 8. The number of fused-ring (bicyclic) bond motifs is 1. The van der Waals surface area contributed by atoms with Crippen LogP contribution in [0.1, 0.15) is 41.5 Å². The highest BCUT2D eigenvalue weighted by molar-refractivity contribution is 7.89. The summed E-state index contributed by atoms with van der Waals surface area (Å²) in [5.41, 5.74) is 4.62. The van der Waals surface area contributed by atoms with Gasteiger partial charge >= 0.3 is 0 Å². The molecule has 1 amide bonds. The Morgan fingerprint density at radius 2 is 1.86 bits per heavy atom. The van der Waals surface area contributed by atoms with Crippen molar-refractivity contribution in [2.75, 3.05) is 52.7 Å². The fourth-order valence-corrected chi connectivity index (χ4v) is 7.17. The minimum Gasteiger partial charge on any atom is -0.497 e. The molecule has 0 spiro atoms. The highest BCUT2D eigenvalue weighted by Gasteiger charge is 2.28. The molecule has 9 heteroatoms. The normalized spacial score (nSPS) is 19.0. The van der Waals surface area contributed by atoms with Crippen LogP contribution in [0.5, 0.6) is 5.75 Å². The number of carbonyl (C=O) groups is 1. The van der Waals surface area contributed by atoms with Crippen LogP contribution >= 0.6 is 0 Å². The first kappa shape index (κ1) is 27.6. The van der Waals surface area contributed by atoms with Crippen LogP contribution in [-0.4, -0.2) is 81.9 Å². The number of hydrogen-bond acceptors (Lipinski definition) is 6. The average molecular weight is 529 g/mol. The van der Waals surface area contributed by atoms with Gasteiger partial charge in [-0.05, 0) is 93.2 Å². The summed E-state index contributed by atoms with van der Waals surface area (Å²) < 4.78 is 32.9. The van der Waals surface area contributed by atoms with E-state index in [1.54, 1.807) is 33.1 Å². The maximum absolute atomic E-state index is 13.2. The SMILES string of the molecule is COc1cc(C)c(S(=O)(=O)N(C)CCC(=O)Nc2ccc3c(c2)CCN(C2CCCN(C)C2)C3)c(C)c1. The van der Waals surface area contributed by atoms with Crippen LogP contribution in [0.4, 0.5) is 5.69 Å². The van der Waals surface area contributed by atoms with E-state index < -0.39 is 10.0 Å². The standard InChI is InChI=1S/C28H40N4O4S/c1-20-15-26(36-5)16-21(2)28(20)37(34,35)31(4)13-11-27(33)29-24-9-8-23-18-32(14-10-22(23)17-24)25-7-6-12-30(3)19-25/h8-9,15-17,25H,6-7,10-14,18-19H2,1-5H3,(H,29,33). The van der Waals surface area contributed by atoms with Crippen molar-refractivity contribution in [3.63, 3.8) is 0 Å². The van der Waals surface area contributed by atoms with Crippen LogP contribution in [0, 0.1) is 13.8 Å². The Balaban J connectivity index is 1.34. The zero-order valence-electron chi connectivity index (χ0n) is 22.7. The van der Waals surface area contributed by atoms with Gasteiger partial charge in [0.05, 0.1) is 12.0 Å². The lowest BCUT2D eigenvalue weighted by Crippen LogP contribution is -2.48. The summed E-state index contributed by atoms with van der Waals surface area (Å²) in [6.45, 7) is 7.91. The minimum absolute atomic E-state index is 0.0735. The second kappa shape index (κ2) is 11.5. The molecule has 37 heavy (non-hydrogen) atoms. The molecule has 1 atom stereocenters. The molecule has 0 aliphatic carbocycles. The molecule has 1 N–H and O–H groups in total. The summed E-state index contributed by atoms with van der Waals surface area (Å²) in [5.74, 6) is 0.420. The van der Waals surface area contributed by atoms with Crippen LogP contribution in [0.15, 0.2) is 35.2 Å². The van der Waals surface area contributed by atoms with Gasteiger partial charge in [-0.15, -0.1) is 0 Å². The lowest BCUT2D eigenvalue weighted by atomic mass is 9.95. The van der Waals surface area contributed by atoms with E-state index in [1.165, 1.54) is 41.9 Å². The number of likely N-dealkylation sites (tertiary alicyclic amines) is 1. The van der Waals surface area contributed by atoms with Crippen molar-refractivity contribution >= 4 is 21.6 Å². The summed E-state index contributed by atoms with van der Waals surface area (Å²) >= 11 is 0. The van der Waals surface area contributed by atoms with E-state index in [-0.39, 0.29) is 23.8 Å². The molecule has 0 radical (unpaired) electrons. The third kappa shape index (κ3) is 6.34. The van der Waals surface area contributed by atoms with Crippen molar-refractivity contribution in [3.05, 3.63) is 52.6 Å². The molecule has 2 aromatic carbocycles. The van der Waals surface area contributed by atoms with Crippen LogP contribution < -0.4 is 10.1 Å². The Morgan fingerprint density at radius 3 is 2.54 bits per heavy atom. The van der Waals surface area contributed by atoms with Gasteiger partial charge in [0.15, 0.2) is 0 Å². The molecule has 2 aliphatic rings. The van der Waals surface area contributed by atoms with E-state index in [2.05, 4.69) is 34.3 Å². The molecule has 0 aromatic heterocycles. The number of amides is 1. The zero-order valence-corrected chi connectivity index (χ0v) is 23.5. The van der Waals surface area contributed by atoms with Crippen molar-refractivity contribution < 1.29 is 17.9 Å². The van der Waals surface area contributed by atoms with Crippen LogP contribution in [0.3, 0.4) is 0 Å². The number of carbonyl (C=O) groups excluding carboxylic acids is 1. The number of benzene rings is 2. The number of likely N-dealkylation sites (N-methyl/N-ethyl adjacent to an activating group) is 1. The summed E-state index contributed by atoms with van der Waals surface area (Å²) in [5, 5.41) is 2.96. The number of hydrogen-bond donors (Lipinski definition) is 1. The number of aryl methyl sites for hydroxylation is 2. The molecule has 4 rings (SSSR count). The van der Waals surface area contributed by atoms with Crippen molar-refractivity contribution in [3.8, 4) is 5.75 Å². The van der Waals surface area contributed by atoms with Crippen LogP contribution in [0.2, 0.25) is 0 Å². The van der Waals surface area contributed by atoms with Crippen molar-refractivity contribution in [2.24, 2.45) is 0 Å². The Bertz CT molecular complexity index is 1220. The maximum atomic E-state index is 13.2. The third-order valence-electron chi connectivity index (χ3n) is 7.64. The predicted molar refractivity (Wildman–Crippen MR) is 147 cm³/mol. The van der Waals surface area contributed by atoms with Gasteiger partial charge in [-0.2, -0.15) is 0 Å². The second-order valence-electron chi connectivity index (χ2n) is 10.5. The number of nitrogens with one attached hydrogen (secondary N) is 1. The fraction of sp³-hybridized carbons (Fsp3) is 0.536. The average Bonchev–Trinajstić information content (AvgIpc) is 2.86. The molecule has 2 aliphatic heterocycles. The molecule has 202 valence electrons. The van der Waals surface area contributed by atoms with Crippen molar-refractivity contribution in [2.45, 2.75) is 57.0 Å². The summed E-state index contributed by atoms with van der Waals surface area (Å²) in [4.78, 5) is 18.0. The summed E-state index contributed by atoms with van der Waals surface area (Å²) in [6.07, 6.45) is 3.56. The molecule has 2 aromatic rings. The van der Waals surface area contributed by atoms with Gasteiger partial charge in [0, 0.05) is 51.4 Å². The van der Waals surface area contributed by atoms with E-state index in [0.29, 0.717) is 22.9 Å².